The summed E-state index contributed by atoms with van der Waals surface area (Å²) in [6.45, 7) is 0. The molecule has 0 heterocycles. The minimum absolute atomic E-state index is 0.214. The van der Waals surface area contributed by atoms with Gasteiger partial charge in [0.05, 0.1) is 6.42 Å². The van der Waals surface area contributed by atoms with Crippen LogP contribution in [0.4, 0.5) is 0 Å². The molecule has 5 nitrogen and oxygen atoms in total. The summed E-state index contributed by atoms with van der Waals surface area (Å²) in [6, 6.07) is 0.760. The largest absolute Gasteiger partial charge is 0.500 e. The van der Waals surface area contributed by atoms with E-state index in [1.54, 1.807) is 33.1 Å². The Bertz CT molecular complexity index is 190. The average Bonchev–Trinajstić information content (AvgIpc) is 2.29. The number of rotatable bonds is 10. The highest BCUT2D eigenvalue weighted by atomic mass is 32.2. The maximum absolute atomic E-state index is 10.3. The topological polar surface area (TPSA) is 65.0 Å². The second-order valence-electron chi connectivity index (χ2n) is 3.16. The molecule has 0 unspecified atom stereocenters. The lowest BCUT2D eigenvalue weighted by atomic mass is 10.5. The SMILES string of the molecule is CO[Si](CCCSCCC(=O)O)(OC)OC. The smallest absolute Gasteiger partial charge is 0.481 e. The maximum Gasteiger partial charge on any atom is 0.500 e. The number of thioether (sulfide) groups is 1. The number of carboxylic acid groups (broad SMARTS) is 1. The van der Waals surface area contributed by atoms with Crippen LogP contribution in [0.25, 0.3) is 0 Å². The Balaban J connectivity index is 3.59. The van der Waals surface area contributed by atoms with Crippen LogP contribution in [0.15, 0.2) is 0 Å². The van der Waals surface area contributed by atoms with Crippen molar-refractivity contribution in [3.63, 3.8) is 0 Å². The van der Waals surface area contributed by atoms with E-state index in [0.29, 0.717) is 5.75 Å². The highest BCUT2D eigenvalue weighted by molar-refractivity contribution is 7.99. The summed E-state index contributed by atoms with van der Waals surface area (Å²) < 4.78 is 15.8. The molecule has 0 atom stereocenters. The van der Waals surface area contributed by atoms with Crippen molar-refractivity contribution in [2.75, 3.05) is 32.8 Å². The van der Waals surface area contributed by atoms with E-state index in [1.807, 2.05) is 0 Å². The molecule has 0 aliphatic carbocycles. The molecule has 1 N–H and O–H groups in total. The van der Waals surface area contributed by atoms with Gasteiger partial charge in [0.2, 0.25) is 0 Å². The molecule has 0 aromatic rings. The first-order valence-electron chi connectivity index (χ1n) is 5.05. The summed E-state index contributed by atoms with van der Waals surface area (Å²) in [6.07, 6.45) is 1.12. The van der Waals surface area contributed by atoms with Crippen LogP contribution in [0.5, 0.6) is 0 Å². The Morgan fingerprint density at radius 2 is 1.75 bits per heavy atom. The standard InChI is InChI=1S/C9H20O5SSi/c1-12-16(13-2,14-3)8-4-6-15-7-5-9(10)11/h4-8H2,1-3H3,(H,10,11). The maximum atomic E-state index is 10.3. The molecule has 96 valence electrons. The van der Waals surface area contributed by atoms with Crippen LogP contribution in [0.2, 0.25) is 6.04 Å². The van der Waals surface area contributed by atoms with E-state index in [-0.39, 0.29) is 6.42 Å². The van der Waals surface area contributed by atoms with E-state index in [2.05, 4.69) is 0 Å². The quantitative estimate of drug-likeness (QED) is 0.478. The Morgan fingerprint density at radius 3 is 2.19 bits per heavy atom. The predicted molar refractivity (Wildman–Crippen MR) is 65.8 cm³/mol. The average molecular weight is 268 g/mol. The zero-order valence-corrected chi connectivity index (χ0v) is 11.8. The molecule has 0 saturated heterocycles. The van der Waals surface area contributed by atoms with Gasteiger partial charge < -0.3 is 18.4 Å². The van der Waals surface area contributed by atoms with Crippen LogP contribution in [0, 0.1) is 0 Å². The number of hydrogen-bond donors (Lipinski definition) is 1. The molecule has 0 bridgehead atoms. The van der Waals surface area contributed by atoms with Crippen molar-refractivity contribution in [1.29, 1.82) is 0 Å². The summed E-state index contributed by atoms with van der Waals surface area (Å²) in [5.74, 6) is 0.802. The lowest BCUT2D eigenvalue weighted by molar-refractivity contribution is -0.136. The first kappa shape index (κ1) is 15.9. The van der Waals surface area contributed by atoms with Gasteiger partial charge in [0.15, 0.2) is 0 Å². The van der Waals surface area contributed by atoms with Crippen molar-refractivity contribution in [3.05, 3.63) is 0 Å². The molecule has 0 amide bonds. The highest BCUT2D eigenvalue weighted by Crippen LogP contribution is 2.17. The predicted octanol–water partition coefficient (Wildman–Crippen LogP) is 1.46. The van der Waals surface area contributed by atoms with Crippen molar-refractivity contribution < 1.29 is 23.2 Å². The fraction of sp³-hybridized carbons (Fsp3) is 0.889. The van der Waals surface area contributed by atoms with Gasteiger partial charge in [-0.15, -0.1) is 0 Å². The van der Waals surface area contributed by atoms with Crippen LogP contribution in [-0.2, 0) is 18.1 Å². The van der Waals surface area contributed by atoms with Gasteiger partial charge in [0, 0.05) is 33.1 Å². The van der Waals surface area contributed by atoms with Gasteiger partial charge >= 0.3 is 14.8 Å². The van der Waals surface area contributed by atoms with Crippen molar-refractivity contribution >= 4 is 26.5 Å². The summed E-state index contributed by atoms with van der Waals surface area (Å²) in [5.41, 5.74) is 0. The third-order valence-corrected chi connectivity index (χ3v) is 6.07. The number of hydrogen-bond acceptors (Lipinski definition) is 5. The second kappa shape index (κ2) is 9.00. The van der Waals surface area contributed by atoms with Gasteiger partial charge in [0.1, 0.15) is 0 Å². The van der Waals surface area contributed by atoms with Crippen LogP contribution < -0.4 is 0 Å². The van der Waals surface area contributed by atoms with Gasteiger partial charge in [-0.1, -0.05) is 0 Å². The van der Waals surface area contributed by atoms with E-state index in [9.17, 15) is 4.79 Å². The molecular formula is C9H20O5SSi. The molecule has 16 heavy (non-hydrogen) atoms. The molecule has 0 fully saturated rings. The van der Waals surface area contributed by atoms with Gasteiger partial charge in [0.25, 0.3) is 0 Å². The summed E-state index contributed by atoms with van der Waals surface area (Å²) in [5, 5.41) is 8.45. The van der Waals surface area contributed by atoms with Gasteiger partial charge in [-0.3, -0.25) is 4.79 Å². The third-order valence-electron chi connectivity index (χ3n) is 2.16. The van der Waals surface area contributed by atoms with Crippen LogP contribution in [-0.4, -0.2) is 52.7 Å². The van der Waals surface area contributed by atoms with Crippen molar-refractivity contribution in [2.45, 2.75) is 18.9 Å². The molecule has 0 aliphatic heterocycles. The molecule has 0 spiro atoms. The first-order chi connectivity index (χ1) is 7.60. The lowest BCUT2D eigenvalue weighted by Gasteiger charge is -2.24. The monoisotopic (exact) mass is 268 g/mol. The third kappa shape index (κ3) is 6.49. The molecule has 0 aliphatic rings. The highest BCUT2D eigenvalue weighted by Gasteiger charge is 2.36. The Hall–Kier alpha value is -0.0831. The molecule has 0 aromatic carbocycles. The van der Waals surface area contributed by atoms with E-state index in [4.69, 9.17) is 18.4 Å². The lowest BCUT2D eigenvalue weighted by Crippen LogP contribution is -2.42. The van der Waals surface area contributed by atoms with E-state index < -0.39 is 14.8 Å². The summed E-state index contributed by atoms with van der Waals surface area (Å²) >= 11 is 1.63. The molecule has 7 heteroatoms. The molecule has 0 aromatic heterocycles. The molecule has 0 rings (SSSR count). The summed E-state index contributed by atoms with van der Waals surface area (Å²) in [7, 11) is 2.35. The normalized spacial score (nSPS) is 11.7. The minimum Gasteiger partial charge on any atom is -0.481 e. The fourth-order valence-corrected chi connectivity index (χ4v) is 4.06. The van der Waals surface area contributed by atoms with Gasteiger partial charge in [-0.2, -0.15) is 11.8 Å². The summed E-state index contributed by atoms with van der Waals surface area (Å²) in [4.78, 5) is 10.3. The second-order valence-corrected chi connectivity index (χ2v) is 7.47. The van der Waals surface area contributed by atoms with E-state index in [0.717, 1.165) is 18.2 Å². The van der Waals surface area contributed by atoms with Gasteiger partial charge in [-0.25, -0.2) is 0 Å². The Labute approximate surface area is 102 Å². The van der Waals surface area contributed by atoms with E-state index >= 15 is 0 Å². The van der Waals surface area contributed by atoms with Crippen molar-refractivity contribution in [3.8, 4) is 0 Å². The Morgan fingerprint density at radius 1 is 1.19 bits per heavy atom. The zero-order valence-electron chi connectivity index (χ0n) is 10.0. The number of carboxylic acids is 1. The minimum atomic E-state index is -2.43. The zero-order chi connectivity index (χ0) is 12.4. The number of carbonyl (C=O) groups is 1. The van der Waals surface area contributed by atoms with Crippen LogP contribution in [0.3, 0.4) is 0 Å². The molecule has 0 saturated carbocycles. The first-order valence-corrected chi connectivity index (χ1v) is 8.14. The van der Waals surface area contributed by atoms with Crippen LogP contribution >= 0.6 is 11.8 Å². The van der Waals surface area contributed by atoms with E-state index in [1.165, 1.54) is 0 Å². The van der Waals surface area contributed by atoms with Gasteiger partial charge in [-0.05, 0) is 12.2 Å². The van der Waals surface area contributed by atoms with Crippen molar-refractivity contribution in [2.24, 2.45) is 0 Å². The van der Waals surface area contributed by atoms with Crippen LogP contribution in [0.1, 0.15) is 12.8 Å². The molecule has 0 radical (unpaired) electrons. The fourth-order valence-electron chi connectivity index (χ4n) is 1.21. The molecular weight excluding hydrogens is 248 g/mol. The Kier molecular flexibility index (Phi) is 8.95. The van der Waals surface area contributed by atoms with Crippen molar-refractivity contribution in [1.82, 2.24) is 0 Å². The number of aliphatic carboxylic acids is 1.